The molecule has 0 radical (unpaired) electrons. The molecule has 0 saturated heterocycles. The fourth-order valence-corrected chi connectivity index (χ4v) is 2.77. The topological polar surface area (TPSA) is 170 Å². The van der Waals surface area contributed by atoms with E-state index in [1.807, 2.05) is 24.3 Å². The van der Waals surface area contributed by atoms with Crippen LogP contribution >= 0.6 is 0 Å². The highest BCUT2D eigenvalue weighted by Crippen LogP contribution is 2.13. The summed E-state index contributed by atoms with van der Waals surface area (Å²) < 4.78 is 26.8. The Morgan fingerprint density at radius 1 is 0.703 bits per heavy atom. The van der Waals surface area contributed by atoms with Crippen molar-refractivity contribution in [2.75, 3.05) is 66.1 Å². The SMILES string of the molecule is Cc1nnc(-c2ccc(CNC(=O)CCOCCOCCOCCOCCOCCC(N)=O)cc2)nn1. The molecule has 1 aromatic heterocycles. The number of rotatable bonds is 21. The first-order valence-corrected chi connectivity index (χ1v) is 12.1. The molecular formula is C24H36N6O7. The number of ether oxygens (including phenoxy) is 5. The number of primary amides is 1. The number of benzene rings is 1. The predicted octanol–water partition coefficient (Wildman–Crippen LogP) is 0.207. The van der Waals surface area contributed by atoms with Crippen LogP contribution < -0.4 is 11.1 Å². The van der Waals surface area contributed by atoms with Crippen LogP contribution in [0.25, 0.3) is 11.4 Å². The molecule has 1 heterocycles. The van der Waals surface area contributed by atoms with Crippen molar-refractivity contribution >= 4 is 11.8 Å². The molecule has 0 aliphatic heterocycles. The second-order valence-corrected chi connectivity index (χ2v) is 7.77. The minimum Gasteiger partial charge on any atom is -0.379 e. The largest absolute Gasteiger partial charge is 0.379 e. The van der Waals surface area contributed by atoms with E-state index in [0.717, 1.165) is 11.1 Å². The van der Waals surface area contributed by atoms with Gasteiger partial charge in [-0.05, 0) is 12.5 Å². The van der Waals surface area contributed by atoms with Crippen LogP contribution in [-0.4, -0.2) is 98.3 Å². The maximum Gasteiger partial charge on any atom is 0.222 e. The van der Waals surface area contributed by atoms with Gasteiger partial charge in [0.2, 0.25) is 17.6 Å². The van der Waals surface area contributed by atoms with E-state index >= 15 is 0 Å². The Morgan fingerprint density at radius 2 is 1.16 bits per heavy atom. The van der Waals surface area contributed by atoms with Crippen molar-refractivity contribution in [3.8, 4) is 11.4 Å². The van der Waals surface area contributed by atoms with Crippen molar-refractivity contribution in [3.05, 3.63) is 35.7 Å². The molecule has 0 saturated carbocycles. The van der Waals surface area contributed by atoms with Gasteiger partial charge in [-0.1, -0.05) is 24.3 Å². The molecule has 1 aromatic carbocycles. The molecule has 13 nitrogen and oxygen atoms in total. The van der Waals surface area contributed by atoms with Gasteiger partial charge in [0.25, 0.3) is 0 Å². The molecule has 3 N–H and O–H groups in total. The average molecular weight is 521 g/mol. The fraction of sp³-hybridized carbons (Fsp3) is 0.583. The van der Waals surface area contributed by atoms with Gasteiger partial charge >= 0.3 is 0 Å². The van der Waals surface area contributed by atoms with Gasteiger partial charge in [0.15, 0.2) is 5.82 Å². The van der Waals surface area contributed by atoms with E-state index < -0.39 is 0 Å². The van der Waals surface area contributed by atoms with Gasteiger partial charge in [-0.2, -0.15) is 0 Å². The van der Waals surface area contributed by atoms with Crippen LogP contribution in [0.5, 0.6) is 0 Å². The summed E-state index contributed by atoms with van der Waals surface area (Å²) >= 11 is 0. The molecule has 2 aromatic rings. The van der Waals surface area contributed by atoms with Crippen molar-refractivity contribution in [1.82, 2.24) is 25.7 Å². The summed E-state index contributed by atoms with van der Waals surface area (Å²) in [6.07, 6.45) is 0.481. The molecule has 204 valence electrons. The van der Waals surface area contributed by atoms with E-state index in [4.69, 9.17) is 29.4 Å². The number of nitrogens with one attached hydrogen (secondary N) is 1. The Bertz CT molecular complexity index is 899. The summed E-state index contributed by atoms with van der Waals surface area (Å²) in [5, 5.41) is 18.7. The summed E-state index contributed by atoms with van der Waals surface area (Å²) in [6, 6.07) is 7.53. The number of nitrogens with zero attached hydrogens (tertiary/aromatic N) is 4. The highest BCUT2D eigenvalue weighted by molar-refractivity contribution is 5.76. The van der Waals surface area contributed by atoms with Crippen molar-refractivity contribution in [2.45, 2.75) is 26.3 Å². The zero-order valence-corrected chi connectivity index (χ0v) is 21.2. The van der Waals surface area contributed by atoms with Gasteiger partial charge in [0.05, 0.1) is 66.1 Å². The Kier molecular flexibility index (Phi) is 15.5. The lowest BCUT2D eigenvalue weighted by Gasteiger charge is -2.08. The molecule has 0 aliphatic carbocycles. The third kappa shape index (κ3) is 14.9. The number of hydrogen-bond acceptors (Lipinski definition) is 11. The van der Waals surface area contributed by atoms with Crippen LogP contribution in [0, 0.1) is 6.92 Å². The van der Waals surface area contributed by atoms with E-state index in [-0.39, 0.29) is 24.7 Å². The van der Waals surface area contributed by atoms with Gasteiger partial charge in [0.1, 0.15) is 0 Å². The average Bonchev–Trinajstić information content (AvgIpc) is 2.90. The van der Waals surface area contributed by atoms with E-state index in [1.54, 1.807) is 6.92 Å². The molecule has 0 unspecified atom stereocenters. The maximum atomic E-state index is 12.0. The van der Waals surface area contributed by atoms with Gasteiger partial charge in [-0.25, -0.2) is 0 Å². The Labute approximate surface area is 216 Å². The minimum absolute atomic E-state index is 0.0897. The minimum atomic E-state index is -0.382. The van der Waals surface area contributed by atoms with Gasteiger partial charge in [0, 0.05) is 24.9 Å². The Morgan fingerprint density at radius 3 is 1.65 bits per heavy atom. The molecule has 2 amide bonds. The molecular weight excluding hydrogens is 484 g/mol. The third-order valence-electron chi connectivity index (χ3n) is 4.73. The maximum absolute atomic E-state index is 12.0. The summed E-state index contributed by atoms with van der Waals surface area (Å²) in [4.78, 5) is 22.5. The quantitative estimate of drug-likeness (QED) is 0.216. The van der Waals surface area contributed by atoms with Crippen molar-refractivity contribution in [1.29, 1.82) is 0 Å². The normalized spacial score (nSPS) is 10.9. The van der Waals surface area contributed by atoms with Crippen LogP contribution in [0.1, 0.15) is 24.2 Å². The summed E-state index contributed by atoms with van der Waals surface area (Å²) in [6.45, 7) is 6.24. The molecule has 0 fully saturated rings. The van der Waals surface area contributed by atoms with E-state index in [9.17, 15) is 9.59 Å². The molecule has 0 aliphatic rings. The summed E-state index contributed by atoms with van der Waals surface area (Å²) in [5.41, 5.74) is 6.77. The van der Waals surface area contributed by atoms with E-state index in [0.29, 0.717) is 84.3 Å². The number of hydrogen-bond donors (Lipinski definition) is 2. The lowest BCUT2D eigenvalue weighted by molar-refractivity contribution is -0.122. The van der Waals surface area contributed by atoms with E-state index in [2.05, 4.69) is 25.7 Å². The van der Waals surface area contributed by atoms with Crippen molar-refractivity contribution in [3.63, 3.8) is 0 Å². The third-order valence-corrected chi connectivity index (χ3v) is 4.73. The van der Waals surface area contributed by atoms with Crippen molar-refractivity contribution < 1.29 is 33.3 Å². The number of nitrogens with two attached hydrogens (primary N) is 1. The molecule has 13 heteroatoms. The number of aromatic nitrogens is 4. The Balaban J connectivity index is 1.36. The first-order chi connectivity index (χ1) is 18.0. The van der Waals surface area contributed by atoms with Crippen LogP contribution in [0.3, 0.4) is 0 Å². The molecule has 37 heavy (non-hydrogen) atoms. The van der Waals surface area contributed by atoms with Gasteiger partial charge in [-0.15, -0.1) is 20.4 Å². The standard InChI is InChI=1S/C24H36N6O7/c1-19-27-29-24(30-28-19)21-4-2-20(3-5-21)18-26-23(32)7-9-34-11-13-36-15-17-37-16-14-35-12-10-33-8-6-22(25)31/h2-5H,6-18H2,1H3,(H2,25,31)(H,26,32). The predicted molar refractivity (Wildman–Crippen MR) is 132 cm³/mol. The first-order valence-electron chi connectivity index (χ1n) is 12.1. The smallest absolute Gasteiger partial charge is 0.222 e. The van der Waals surface area contributed by atoms with Crippen molar-refractivity contribution in [2.24, 2.45) is 5.73 Å². The number of carbonyl (C=O) groups is 2. The second-order valence-electron chi connectivity index (χ2n) is 7.77. The highest BCUT2D eigenvalue weighted by Gasteiger charge is 2.05. The summed E-state index contributed by atoms with van der Waals surface area (Å²) in [7, 11) is 0. The van der Waals surface area contributed by atoms with Gasteiger partial charge in [-0.3, -0.25) is 9.59 Å². The highest BCUT2D eigenvalue weighted by atomic mass is 16.6. The van der Waals surface area contributed by atoms with Crippen LogP contribution in [0.4, 0.5) is 0 Å². The summed E-state index contributed by atoms with van der Waals surface area (Å²) in [5.74, 6) is 0.501. The molecule has 0 bridgehead atoms. The molecule has 0 spiro atoms. The zero-order valence-electron chi connectivity index (χ0n) is 21.2. The number of carbonyl (C=O) groups excluding carboxylic acids is 2. The molecule has 0 atom stereocenters. The van der Waals surface area contributed by atoms with Gasteiger partial charge < -0.3 is 34.7 Å². The monoisotopic (exact) mass is 520 g/mol. The second kappa shape index (κ2) is 19.1. The number of amides is 2. The Hall–Kier alpha value is -3.10. The zero-order chi connectivity index (χ0) is 26.6. The fourth-order valence-electron chi connectivity index (χ4n) is 2.77. The lowest BCUT2D eigenvalue weighted by atomic mass is 10.1. The number of aryl methyl sites for hydroxylation is 1. The first kappa shape index (κ1) is 30.1. The van der Waals surface area contributed by atoms with Crippen LogP contribution in [0.15, 0.2) is 24.3 Å². The lowest BCUT2D eigenvalue weighted by Crippen LogP contribution is -2.24. The van der Waals surface area contributed by atoms with Crippen LogP contribution in [0.2, 0.25) is 0 Å². The molecule has 2 rings (SSSR count). The van der Waals surface area contributed by atoms with E-state index in [1.165, 1.54) is 0 Å². The van der Waals surface area contributed by atoms with Crippen LogP contribution in [-0.2, 0) is 39.8 Å².